The van der Waals surface area contributed by atoms with Gasteiger partial charge < -0.3 is 0 Å². The maximum Gasteiger partial charge on any atom is 0.132 e. The monoisotopic (exact) mass is 526 g/mol. The Kier molecular flexibility index (Phi) is 18.5. The van der Waals surface area contributed by atoms with Crippen LogP contribution in [0.5, 0.6) is 0 Å². The van der Waals surface area contributed by atoms with Crippen molar-refractivity contribution in [3.05, 3.63) is 59.7 Å². The molecule has 2 rings (SSSR count). The van der Waals surface area contributed by atoms with Crippen LogP contribution in [0.2, 0.25) is 0 Å². The number of unbranched alkanes of at least 4 members (excludes halogenated alkanes) is 13. The van der Waals surface area contributed by atoms with Crippen LogP contribution >= 0.6 is 0 Å². The molecule has 2 aromatic carbocycles. The maximum absolute atomic E-state index is 4.93. The number of hydrogen-bond donors (Lipinski definition) is 0. The Labute approximate surface area is 240 Å². The SMILES string of the molecule is CCCCCCCCCC#CC(C=Nc1cccc(CCCCCC)c1)=Nc1cccc(CCCCCC)c1. The summed E-state index contributed by atoms with van der Waals surface area (Å²) in [4.78, 5) is 9.73. The lowest BCUT2D eigenvalue weighted by atomic mass is 10.1. The van der Waals surface area contributed by atoms with Crippen LogP contribution in [-0.4, -0.2) is 11.9 Å². The lowest BCUT2D eigenvalue weighted by molar-refractivity contribution is 0.594. The van der Waals surface area contributed by atoms with E-state index in [0.29, 0.717) is 0 Å². The zero-order valence-corrected chi connectivity index (χ0v) is 25.3. The average molecular weight is 527 g/mol. The highest BCUT2D eigenvalue weighted by Crippen LogP contribution is 2.19. The van der Waals surface area contributed by atoms with Gasteiger partial charge in [0.1, 0.15) is 5.71 Å². The molecule has 0 radical (unpaired) electrons. The Morgan fingerprint density at radius 1 is 0.615 bits per heavy atom. The Morgan fingerprint density at radius 2 is 1.13 bits per heavy atom. The fraction of sp³-hybridized carbons (Fsp3) is 0.568. The van der Waals surface area contributed by atoms with Crippen LogP contribution in [0.15, 0.2) is 58.5 Å². The van der Waals surface area contributed by atoms with E-state index in [1.54, 1.807) is 0 Å². The second kappa shape index (κ2) is 22.2. The largest absolute Gasteiger partial charge is 0.254 e. The van der Waals surface area contributed by atoms with E-state index in [1.807, 2.05) is 6.21 Å². The molecule has 0 aliphatic rings. The topological polar surface area (TPSA) is 24.7 Å². The minimum Gasteiger partial charge on any atom is -0.254 e. The van der Waals surface area contributed by atoms with E-state index < -0.39 is 0 Å². The van der Waals surface area contributed by atoms with Gasteiger partial charge in [-0.05, 0) is 73.4 Å². The molecule has 0 atom stereocenters. The summed E-state index contributed by atoms with van der Waals surface area (Å²) < 4.78 is 0. The summed E-state index contributed by atoms with van der Waals surface area (Å²) in [6, 6.07) is 17.3. The van der Waals surface area contributed by atoms with Gasteiger partial charge in [-0.3, -0.25) is 4.99 Å². The first-order valence-corrected chi connectivity index (χ1v) is 16.0. The maximum atomic E-state index is 4.93. The predicted octanol–water partition coefficient (Wildman–Crippen LogP) is 11.6. The molecule has 0 amide bonds. The quantitative estimate of drug-likeness (QED) is 0.0931. The van der Waals surface area contributed by atoms with Crippen molar-refractivity contribution in [2.24, 2.45) is 9.98 Å². The number of hydrogen-bond acceptors (Lipinski definition) is 2. The average Bonchev–Trinajstić information content (AvgIpc) is 2.96. The van der Waals surface area contributed by atoms with Gasteiger partial charge in [0.25, 0.3) is 0 Å². The van der Waals surface area contributed by atoms with E-state index in [2.05, 4.69) is 81.1 Å². The van der Waals surface area contributed by atoms with Crippen LogP contribution in [0.3, 0.4) is 0 Å². The number of nitrogens with zero attached hydrogens (tertiary/aromatic N) is 2. The molecule has 0 unspecified atom stereocenters. The molecule has 39 heavy (non-hydrogen) atoms. The van der Waals surface area contributed by atoms with E-state index >= 15 is 0 Å². The Morgan fingerprint density at radius 3 is 1.74 bits per heavy atom. The van der Waals surface area contributed by atoms with Gasteiger partial charge in [-0.2, -0.15) is 0 Å². The van der Waals surface area contributed by atoms with Gasteiger partial charge in [-0.1, -0.05) is 128 Å². The third kappa shape index (κ3) is 16.1. The summed E-state index contributed by atoms with van der Waals surface area (Å²) in [6.07, 6.45) is 24.4. The fourth-order valence-corrected chi connectivity index (χ4v) is 4.77. The van der Waals surface area contributed by atoms with E-state index in [4.69, 9.17) is 9.98 Å². The van der Waals surface area contributed by atoms with Crippen molar-refractivity contribution < 1.29 is 0 Å². The smallest absolute Gasteiger partial charge is 0.132 e. The highest BCUT2D eigenvalue weighted by Gasteiger charge is 2.00. The number of aliphatic imine (C=N–C) groups is 2. The fourth-order valence-electron chi connectivity index (χ4n) is 4.77. The molecule has 0 spiro atoms. The zero-order chi connectivity index (χ0) is 27.8. The van der Waals surface area contributed by atoms with Gasteiger partial charge in [0.05, 0.1) is 17.6 Å². The van der Waals surface area contributed by atoms with Gasteiger partial charge in [0.15, 0.2) is 0 Å². The lowest BCUT2D eigenvalue weighted by Gasteiger charge is -2.03. The van der Waals surface area contributed by atoms with Crippen LogP contribution in [0.1, 0.15) is 135 Å². The third-order valence-electron chi connectivity index (χ3n) is 7.17. The molecule has 0 aliphatic carbocycles. The first-order chi connectivity index (χ1) is 19.2. The molecule has 0 saturated heterocycles. The highest BCUT2D eigenvalue weighted by atomic mass is 14.8. The molecule has 0 bridgehead atoms. The number of aryl methyl sites for hydroxylation is 2. The number of rotatable bonds is 20. The molecule has 2 heteroatoms. The molecular formula is C37H54N2. The van der Waals surface area contributed by atoms with E-state index in [9.17, 15) is 0 Å². The highest BCUT2D eigenvalue weighted by molar-refractivity contribution is 6.39. The zero-order valence-electron chi connectivity index (χ0n) is 25.3. The van der Waals surface area contributed by atoms with Crippen molar-refractivity contribution in [3.63, 3.8) is 0 Å². The van der Waals surface area contributed by atoms with E-state index in [1.165, 1.54) is 101 Å². The summed E-state index contributed by atoms with van der Waals surface area (Å²) >= 11 is 0. The molecule has 0 aliphatic heterocycles. The van der Waals surface area contributed by atoms with Crippen molar-refractivity contribution in [3.8, 4) is 11.8 Å². The predicted molar refractivity (Wildman–Crippen MR) is 174 cm³/mol. The van der Waals surface area contributed by atoms with Gasteiger partial charge in [-0.25, -0.2) is 4.99 Å². The van der Waals surface area contributed by atoms with Crippen molar-refractivity contribution >= 4 is 23.3 Å². The summed E-state index contributed by atoms with van der Waals surface area (Å²) in [5.41, 5.74) is 5.42. The second-order valence-electron chi connectivity index (χ2n) is 10.9. The third-order valence-corrected chi connectivity index (χ3v) is 7.17. The standard InChI is InChI=1S/C37H54N2/c1-4-7-10-13-14-15-16-17-20-27-37(39-36-29-22-26-34(31-36)24-19-12-9-6-3)32-38-35-28-21-25-33(30-35)23-18-11-8-5-2/h21-22,25-26,28-32H,4-19,23-24H2,1-3H3. The first-order valence-electron chi connectivity index (χ1n) is 16.0. The molecule has 0 saturated carbocycles. The van der Waals surface area contributed by atoms with Gasteiger partial charge in [-0.15, -0.1) is 0 Å². The molecule has 2 nitrogen and oxygen atoms in total. The first kappa shape index (κ1) is 32.6. The van der Waals surface area contributed by atoms with Crippen molar-refractivity contribution in [2.45, 2.75) is 136 Å². The normalized spacial score (nSPS) is 11.6. The van der Waals surface area contributed by atoms with Gasteiger partial charge >= 0.3 is 0 Å². The Balaban J connectivity index is 2.08. The van der Waals surface area contributed by atoms with Crippen molar-refractivity contribution in [1.82, 2.24) is 0 Å². The minimum atomic E-state index is 0.745. The van der Waals surface area contributed by atoms with E-state index in [0.717, 1.165) is 42.8 Å². The van der Waals surface area contributed by atoms with Crippen molar-refractivity contribution in [2.75, 3.05) is 0 Å². The molecule has 0 aromatic heterocycles. The van der Waals surface area contributed by atoms with Crippen LogP contribution < -0.4 is 0 Å². The molecule has 212 valence electrons. The Bertz CT molecular complexity index is 1020. The lowest BCUT2D eigenvalue weighted by Crippen LogP contribution is -1.96. The number of benzene rings is 2. The second-order valence-corrected chi connectivity index (χ2v) is 10.9. The molecule has 0 fully saturated rings. The van der Waals surface area contributed by atoms with E-state index in [-0.39, 0.29) is 0 Å². The molecular weight excluding hydrogens is 472 g/mol. The minimum absolute atomic E-state index is 0.745. The van der Waals surface area contributed by atoms with Crippen LogP contribution in [-0.2, 0) is 12.8 Å². The summed E-state index contributed by atoms with van der Waals surface area (Å²) in [6.45, 7) is 6.79. The Hall–Kier alpha value is -2.66. The molecule has 0 N–H and O–H groups in total. The van der Waals surface area contributed by atoms with Gasteiger partial charge in [0.2, 0.25) is 0 Å². The van der Waals surface area contributed by atoms with Crippen LogP contribution in [0.4, 0.5) is 11.4 Å². The molecule has 2 aromatic rings. The van der Waals surface area contributed by atoms with Crippen LogP contribution in [0, 0.1) is 11.8 Å². The summed E-state index contributed by atoms with van der Waals surface area (Å²) in [5.74, 6) is 6.73. The molecule has 0 heterocycles. The van der Waals surface area contributed by atoms with Gasteiger partial charge in [0, 0.05) is 6.42 Å². The summed E-state index contributed by atoms with van der Waals surface area (Å²) in [5, 5.41) is 0. The van der Waals surface area contributed by atoms with Crippen LogP contribution in [0.25, 0.3) is 0 Å². The summed E-state index contributed by atoms with van der Waals surface area (Å²) in [7, 11) is 0. The van der Waals surface area contributed by atoms with Crippen molar-refractivity contribution in [1.29, 1.82) is 0 Å².